The predicted molar refractivity (Wildman–Crippen MR) is 76.0 cm³/mol. The first-order chi connectivity index (χ1) is 13.3. The topological polar surface area (TPSA) is 116 Å². The summed E-state index contributed by atoms with van der Waals surface area (Å²) in [5, 5.41) is -7.11. The standard InChI is InChI=1S/C13H13F9N2O5S/c14-10(15,12(18,19)20)11(16,17)13(21,22)30(27,28)29-24-9(26)7-5-2-1-4(3-5)6(7)8(23)25/h4-7H,1-3H2,(H2,23,25)(H,24,26). The normalized spacial score (nSPS) is 27.9. The highest BCUT2D eigenvalue weighted by molar-refractivity contribution is 7.87. The number of carbonyl (C=O) groups is 2. The molecule has 4 atom stereocenters. The summed E-state index contributed by atoms with van der Waals surface area (Å²) in [7, 11) is -7.25. The van der Waals surface area contributed by atoms with Crippen LogP contribution in [0.3, 0.4) is 0 Å². The maximum Gasteiger partial charge on any atom is 0.460 e. The van der Waals surface area contributed by atoms with Crippen LogP contribution < -0.4 is 11.2 Å². The summed E-state index contributed by atoms with van der Waals surface area (Å²) in [4.78, 5) is 23.5. The summed E-state index contributed by atoms with van der Waals surface area (Å²) in [6.45, 7) is 0. The van der Waals surface area contributed by atoms with E-state index in [9.17, 15) is 57.5 Å². The van der Waals surface area contributed by atoms with Crippen LogP contribution in [0.5, 0.6) is 0 Å². The van der Waals surface area contributed by atoms with Crippen molar-refractivity contribution in [3.8, 4) is 0 Å². The van der Waals surface area contributed by atoms with E-state index < -0.39 is 68.9 Å². The number of hydroxylamine groups is 1. The Hall–Kier alpha value is -1.78. The van der Waals surface area contributed by atoms with E-state index >= 15 is 0 Å². The SMILES string of the molecule is NC(=O)C1C2CCC(C2)C1C(=O)NOS(=O)(=O)C(F)(F)C(F)(F)C(F)(F)C(F)(F)F. The molecule has 2 bridgehead atoms. The fourth-order valence-corrected chi connectivity index (χ4v) is 4.55. The molecule has 0 heterocycles. The fourth-order valence-electron chi connectivity index (χ4n) is 3.81. The highest BCUT2D eigenvalue weighted by Crippen LogP contribution is 2.55. The zero-order chi connectivity index (χ0) is 23.5. The Kier molecular flexibility index (Phi) is 5.82. The van der Waals surface area contributed by atoms with Crippen molar-refractivity contribution in [2.45, 2.75) is 42.5 Å². The van der Waals surface area contributed by atoms with Gasteiger partial charge in [-0.3, -0.25) is 9.59 Å². The molecule has 0 aromatic carbocycles. The summed E-state index contributed by atoms with van der Waals surface area (Å²) in [6.07, 6.45) is -6.13. The lowest BCUT2D eigenvalue weighted by Gasteiger charge is -2.32. The molecule has 2 aliphatic rings. The second-order valence-corrected chi connectivity index (χ2v) is 8.54. The molecule has 30 heavy (non-hydrogen) atoms. The van der Waals surface area contributed by atoms with Crippen LogP contribution in [0.25, 0.3) is 0 Å². The minimum absolute atomic E-state index is 0.282. The molecule has 0 spiro atoms. The predicted octanol–water partition coefficient (Wildman–Crippen LogP) is 1.94. The second-order valence-electron chi connectivity index (χ2n) is 6.95. The maximum atomic E-state index is 13.5. The molecule has 2 aliphatic carbocycles. The molecule has 0 saturated heterocycles. The van der Waals surface area contributed by atoms with Crippen LogP contribution in [0.1, 0.15) is 19.3 Å². The lowest BCUT2D eigenvalue weighted by molar-refractivity contribution is -0.382. The Morgan fingerprint density at radius 3 is 1.77 bits per heavy atom. The molecule has 3 N–H and O–H groups in total. The van der Waals surface area contributed by atoms with Crippen molar-refractivity contribution in [2.75, 3.05) is 0 Å². The lowest BCUT2D eigenvalue weighted by atomic mass is 9.78. The molecule has 0 aromatic rings. The van der Waals surface area contributed by atoms with E-state index in [1.807, 2.05) is 0 Å². The van der Waals surface area contributed by atoms with E-state index in [0.717, 1.165) is 5.48 Å². The molecule has 2 saturated carbocycles. The van der Waals surface area contributed by atoms with Crippen molar-refractivity contribution >= 4 is 21.9 Å². The summed E-state index contributed by atoms with van der Waals surface area (Å²) < 4.78 is 141. The van der Waals surface area contributed by atoms with Gasteiger partial charge in [0.2, 0.25) is 11.8 Å². The van der Waals surface area contributed by atoms with Gasteiger partial charge in [-0.25, -0.2) is 5.48 Å². The van der Waals surface area contributed by atoms with Gasteiger partial charge in [-0.15, -0.1) is 4.28 Å². The first-order valence-electron chi connectivity index (χ1n) is 8.02. The van der Waals surface area contributed by atoms with Crippen molar-refractivity contribution in [2.24, 2.45) is 29.4 Å². The molecule has 2 amide bonds. The summed E-state index contributed by atoms with van der Waals surface area (Å²) >= 11 is 0. The minimum atomic E-state index is -7.50. The molecule has 2 fully saturated rings. The molecule has 0 aromatic heterocycles. The minimum Gasteiger partial charge on any atom is -0.369 e. The van der Waals surface area contributed by atoms with Crippen LogP contribution in [-0.2, 0) is 24.0 Å². The lowest BCUT2D eigenvalue weighted by Crippen LogP contribution is -2.64. The Morgan fingerprint density at radius 2 is 1.33 bits per heavy atom. The van der Waals surface area contributed by atoms with Crippen LogP contribution in [0.15, 0.2) is 0 Å². The van der Waals surface area contributed by atoms with Crippen LogP contribution in [0.2, 0.25) is 0 Å². The van der Waals surface area contributed by atoms with Gasteiger partial charge in [-0.05, 0) is 31.1 Å². The van der Waals surface area contributed by atoms with Crippen LogP contribution >= 0.6 is 0 Å². The first kappa shape index (κ1) is 24.5. The zero-order valence-electron chi connectivity index (χ0n) is 14.4. The van der Waals surface area contributed by atoms with Gasteiger partial charge >= 0.3 is 33.4 Å². The highest BCUT2D eigenvalue weighted by atomic mass is 32.2. The molecular weight excluding hydrogens is 467 g/mol. The Balaban J connectivity index is 2.21. The second kappa shape index (κ2) is 7.13. The smallest absolute Gasteiger partial charge is 0.369 e. The summed E-state index contributed by atoms with van der Waals surface area (Å²) in [6, 6.07) is 0. The summed E-state index contributed by atoms with van der Waals surface area (Å²) in [5.74, 6) is -21.0. The number of rotatable bonds is 7. The van der Waals surface area contributed by atoms with E-state index in [1.165, 1.54) is 0 Å². The molecule has 0 aliphatic heterocycles. The monoisotopic (exact) mass is 480 g/mol. The van der Waals surface area contributed by atoms with Gasteiger partial charge in [-0.2, -0.15) is 47.9 Å². The van der Waals surface area contributed by atoms with Gasteiger partial charge in [0.25, 0.3) is 0 Å². The molecule has 0 radical (unpaired) electrons. The first-order valence-corrected chi connectivity index (χ1v) is 9.42. The third kappa shape index (κ3) is 3.48. The molecule has 4 unspecified atom stereocenters. The third-order valence-electron chi connectivity index (χ3n) is 5.23. The molecule has 2 rings (SSSR count). The number of nitrogens with one attached hydrogen (secondary N) is 1. The number of hydrogen-bond acceptors (Lipinski definition) is 5. The van der Waals surface area contributed by atoms with E-state index in [2.05, 4.69) is 4.28 Å². The molecule has 7 nitrogen and oxygen atoms in total. The Labute approximate surface area is 162 Å². The number of alkyl halides is 9. The highest BCUT2D eigenvalue weighted by Gasteiger charge is 2.86. The zero-order valence-corrected chi connectivity index (χ0v) is 15.2. The van der Waals surface area contributed by atoms with Gasteiger partial charge in [0.05, 0.1) is 11.8 Å². The van der Waals surface area contributed by atoms with E-state index in [0.29, 0.717) is 12.8 Å². The fraction of sp³-hybridized carbons (Fsp3) is 0.846. The molecular formula is C13H13F9N2O5S. The van der Waals surface area contributed by atoms with Crippen molar-refractivity contribution in [3.05, 3.63) is 0 Å². The average Bonchev–Trinajstić information content (AvgIpc) is 3.19. The van der Waals surface area contributed by atoms with Crippen LogP contribution in [-0.4, -0.2) is 43.5 Å². The van der Waals surface area contributed by atoms with Gasteiger partial charge in [0, 0.05) is 0 Å². The van der Waals surface area contributed by atoms with Gasteiger partial charge in [0.15, 0.2) is 0 Å². The average molecular weight is 480 g/mol. The van der Waals surface area contributed by atoms with Crippen molar-refractivity contribution in [3.63, 3.8) is 0 Å². The van der Waals surface area contributed by atoms with Gasteiger partial charge < -0.3 is 5.73 Å². The number of fused-ring (bicyclic) bond motifs is 2. The van der Waals surface area contributed by atoms with Crippen molar-refractivity contribution in [1.82, 2.24) is 5.48 Å². The number of amides is 2. The molecule has 174 valence electrons. The summed E-state index contributed by atoms with van der Waals surface area (Å²) in [5.41, 5.74) is 5.95. The number of nitrogens with two attached hydrogens (primary N) is 1. The van der Waals surface area contributed by atoms with Gasteiger partial charge in [0.1, 0.15) is 0 Å². The van der Waals surface area contributed by atoms with Crippen molar-refractivity contribution < 1.29 is 61.8 Å². The van der Waals surface area contributed by atoms with E-state index in [-0.39, 0.29) is 6.42 Å². The number of primary amides is 1. The molecule has 17 heteroatoms. The Bertz CT molecular complexity index is 829. The largest absolute Gasteiger partial charge is 0.460 e. The van der Waals surface area contributed by atoms with E-state index in [4.69, 9.17) is 5.73 Å². The Morgan fingerprint density at radius 1 is 0.867 bits per heavy atom. The van der Waals surface area contributed by atoms with Crippen LogP contribution in [0, 0.1) is 23.7 Å². The van der Waals surface area contributed by atoms with Crippen molar-refractivity contribution in [1.29, 1.82) is 0 Å². The van der Waals surface area contributed by atoms with Crippen LogP contribution in [0.4, 0.5) is 39.5 Å². The quantitative estimate of drug-likeness (QED) is 0.427. The van der Waals surface area contributed by atoms with Gasteiger partial charge in [-0.1, -0.05) is 0 Å². The number of halogens is 9. The number of hydrogen-bond donors (Lipinski definition) is 2. The third-order valence-corrected chi connectivity index (χ3v) is 6.42. The number of carbonyl (C=O) groups excluding carboxylic acids is 2. The maximum absolute atomic E-state index is 13.5. The van der Waals surface area contributed by atoms with E-state index in [1.54, 1.807) is 0 Å².